The van der Waals surface area contributed by atoms with Gasteiger partial charge in [-0.15, -0.1) is 23.5 Å². The Labute approximate surface area is 835 Å². The molecular formula is C97H118O30S13. The topological polar surface area (TPSA) is 537 Å². The van der Waals surface area contributed by atoms with Crippen molar-refractivity contribution in [2.75, 3.05) is 46.0 Å². The second-order valence-electron chi connectivity index (χ2n) is 33.0. The summed E-state index contributed by atoms with van der Waals surface area (Å²) in [5, 5.41) is 0. The van der Waals surface area contributed by atoms with E-state index in [0.29, 0.717) is 40.7 Å². The molecule has 11 aromatic carbocycles. The van der Waals surface area contributed by atoms with Gasteiger partial charge in [0.1, 0.15) is 0 Å². The Morgan fingerprint density at radius 1 is 0.271 bits per heavy atom. The van der Waals surface area contributed by atoms with Crippen LogP contribution in [-0.2, 0) is 144 Å². The van der Waals surface area contributed by atoms with Crippen LogP contribution in [0.4, 0.5) is 0 Å². The van der Waals surface area contributed by atoms with E-state index in [1.165, 1.54) is 80.9 Å². The van der Waals surface area contributed by atoms with Crippen LogP contribution in [-0.4, -0.2) is 177 Å². The highest BCUT2D eigenvalue weighted by Crippen LogP contribution is 2.30. The molecule has 0 spiro atoms. The largest absolute Gasteiger partial charge is 0.294 e. The SMILES string of the molecule is Cc1ccc(C)c(C(=O)CCc2ccc(S(=O)(=O)O)cc2)c1.Cc1ccc(C)c(CCc2ccc(S(=O)(=O)O)cc2)c1.Cc1ccc(C)c(S(=O)(=O)CCCS(=O)(=O)O)c1.Cc1ccc(C)c(S(=O)(=O)CCCc2ccc(S(=O)(=O)O)cc2S(=O)(=O)O)c1.Cc1ccc(C)c(S(=O)CCS(=O)(=O)O)c1.Cc1ccc(C)c(SCCS(=O)(=O)O)c1.Cc1ccc(C)c(SCCc2ccc(S(=O)(=O)O)cc2)c1. The molecule has 0 aliphatic heterocycles. The molecule has 43 heteroatoms. The summed E-state index contributed by atoms with van der Waals surface area (Å²) >= 11 is 3.25. The summed E-state index contributed by atoms with van der Waals surface area (Å²) in [7, 11) is -42.3. The molecule has 0 aliphatic carbocycles. The van der Waals surface area contributed by atoms with Gasteiger partial charge < -0.3 is 0 Å². The minimum atomic E-state index is -4.77. The molecule has 11 rings (SSSR count). The number of thioether (sulfide) groups is 2. The standard InChI is InChI=1S/C17H20O8S3.C17H18O4S.C16H18O3S2.C16H18O3S.C11H16O5S2.C10H14O4S2.C10H14O3S2/c1-12-5-6-13(2)16(10-12)26(18,19)9-3-4-14-7-8-15(27(20,21)22)11-17(14)28(23,24)25;1-12-3-4-13(2)16(11-12)17(18)10-7-14-5-8-15(9-6-14)22(19,20)21;1-12-3-4-13(2)16(11-12)20-10-9-14-5-7-15(8-6-14)21(17,18)19;1-12-3-4-13(2)15(11-12)8-5-14-6-9-16(10-7-14)20(17,18)19;1-9-4-5-10(2)11(8-9)17(12,13)6-3-7-18(14,15)16;1-8-3-4-9(2)10(7-8)15(11)5-6-16(12,13)14;1-8-3-4-9(2)10(7-8)14-5-6-15(11,12)13/h5-8,10-11H,3-4,9H2,1-2H3,(H,20,21,22)(H,23,24,25);3-6,8-9,11H,7,10H2,1-2H3,(H,19,20,21);3-8,11H,9-10H2,1-2H3,(H,17,18,19);3-4,6-7,9-11H,5,8H2,1-2H3,(H,17,18,19);4-5,8H,3,6-7H2,1-2H3,(H,14,15,16);3-4,7H,5-6H2,1-2H3,(H,12,13,14);3-4,7H,5-6H2,1-2H3,(H,11,12,13). The normalized spacial score (nSPS) is 12.2. The fourth-order valence-corrected chi connectivity index (χ4v) is 25.4. The van der Waals surface area contributed by atoms with Crippen molar-refractivity contribution >= 4 is 141 Å². The second kappa shape index (κ2) is 53.6. The van der Waals surface area contributed by atoms with Gasteiger partial charge in [-0.1, -0.05) is 156 Å². The molecule has 8 N–H and O–H groups in total. The van der Waals surface area contributed by atoms with Crippen molar-refractivity contribution in [3.8, 4) is 0 Å². The molecule has 1 unspecified atom stereocenters. The van der Waals surface area contributed by atoms with Gasteiger partial charge in [-0.3, -0.25) is 45.4 Å². The molecule has 140 heavy (non-hydrogen) atoms. The van der Waals surface area contributed by atoms with Crippen LogP contribution >= 0.6 is 23.5 Å². The summed E-state index contributed by atoms with van der Waals surface area (Å²) in [5.41, 5.74) is 19.0. The molecular weight excluding hydrogens is 2060 g/mol. The first kappa shape index (κ1) is 122. The van der Waals surface area contributed by atoms with Gasteiger partial charge in [-0.05, 0) is 310 Å². The van der Waals surface area contributed by atoms with Gasteiger partial charge in [-0.2, -0.15) is 67.3 Å². The number of benzene rings is 11. The highest BCUT2D eigenvalue weighted by Gasteiger charge is 2.25. The Kier molecular flexibility index (Phi) is 46.6. The van der Waals surface area contributed by atoms with Crippen molar-refractivity contribution in [3.05, 3.63) is 330 Å². The maximum Gasteiger partial charge on any atom is 0.294 e. The highest BCUT2D eigenvalue weighted by atomic mass is 32.3. The van der Waals surface area contributed by atoms with Gasteiger partial charge in [0.05, 0.1) is 73.8 Å². The van der Waals surface area contributed by atoms with E-state index >= 15 is 0 Å². The average molecular weight is 2180 g/mol. The molecule has 0 aliphatic rings. The highest BCUT2D eigenvalue weighted by molar-refractivity contribution is 8.00. The van der Waals surface area contributed by atoms with Gasteiger partial charge in [0.2, 0.25) is 0 Å². The quantitative estimate of drug-likeness (QED) is 0.0105. The Bertz CT molecular complexity index is 7450. The number of Topliss-reactive ketones (excluding diaryl/α,β-unsaturated/α-hetero) is 1. The smallest absolute Gasteiger partial charge is 0.294 e. The van der Waals surface area contributed by atoms with Crippen molar-refractivity contribution in [3.63, 3.8) is 0 Å². The molecule has 0 bridgehead atoms. The van der Waals surface area contributed by atoms with Gasteiger partial charge in [0.15, 0.2) is 25.5 Å². The maximum absolute atomic E-state index is 12.6. The second-order valence-corrected chi connectivity index (χ2v) is 52.8. The molecule has 0 aromatic heterocycles. The summed E-state index contributed by atoms with van der Waals surface area (Å²) in [4.78, 5) is 14.0. The fourth-order valence-electron chi connectivity index (χ4n) is 13.1. The third-order valence-corrected chi connectivity index (χ3v) is 35.7. The van der Waals surface area contributed by atoms with Crippen LogP contribution in [0.15, 0.2) is 267 Å². The number of aryl methyl sites for hydroxylation is 19. The van der Waals surface area contributed by atoms with Gasteiger partial charge in [0.25, 0.3) is 80.9 Å². The minimum absolute atomic E-state index is 0.0367. The van der Waals surface area contributed by atoms with Crippen LogP contribution in [0.5, 0.6) is 0 Å². The first-order chi connectivity index (χ1) is 64.5. The lowest BCUT2D eigenvalue weighted by atomic mass is 9.98. The van der Waals surface area contributed by atoms with Gasteiger partial charge >= 0.3 is 0 Å². The molecule has 0 heterocycles. The molecule has 0 radical (unpaired) electrons. The first-order valence-corrected chi connectivity index (χ1v) is 61.4. The van der Waals surface area contributed by atoms with E-state index < -0.39 is 133 Å². The molecule has 30 nitrogen and oxygen atoms in total. The zero-order valence-corrected chi connectivity index (χ0v) is 90.1. The van der Waals surface area contributed by atoms with Crippen molar-refractivity contribution in [1.82, 2.24) is 0 Å². The van der Waals surface area contributed by atoms with Crippen molar-refractivity contribution < 1.29 is 130 Å². The Balaban J connectivity index is 0.000000290. The lowest BCUT2D eigenvalue weighted by Crippen LogP contribution is -2.13. The summed E-state index contributed by atoms with van der Waals surface area (Å²) in [6.45, 7) is 26.8. The maximum atomic E-state index is 12.6. The van der Waals surface area contributed by atoms with Crippen molar-refractivity contribution in [1.29, 1.82) is 0 Å². The zero-order chi connectivity index (χ0) is 106. The first-order valence-electron chi connectivity index (χ1n) is 42.8. The number of hydrogen-bond acceptors (Lipinski definition) is 24. The summed E-state index contributed by atoms with van der Waals surface area (Å²) < 4.78 is 306. The molecule has 0 fully saturated rings. The third-order valence-electron chi connectivity index (χ3n) is 20.9. The zero-order valence-electron chi connectivity index (χ0n) is 79.5. The van der Waals surface area contributed by atoms with Crippen LogP contribution < -0.4 is 0 Å². The van der Waals surface area contributed by atoms with Gasteiger partial charge in [0, 0.05) is 43.9 Å². The number of carbonyl (C=O) groups excluding carboxylic acids is 1. The van der Waals surface area contributed by atoms with E-state index in [1.807, 2.05) is 96.1 Å². The molecule has 0 saturated carbocycles. The molecule has 11 aromatic rings. The average Bonchev–Trinajstić information content (AvgIpc) is 0.791. The predicted octanol–water partition coefficient (Wildman–Crippen LogP) is 17.7. The summed E-state index contributed by atoms with van der Waals surface area (Å²) in [5.74, 6) is -0.490. The molecule has 1 atom stereocenters. The van der Waals surface area contributed by atoms with Crippen LogP contribution in [0.25, 0.3) is 0 Å². The lowest BCUT2D eigenvalue weighted by Gasteiger charge is -2.11. The number of ketones is 1. The number of sulfone groups is 2. The van der Waals surface area contributed by atoms with Crippen LogP contribution in [0.1, 0.15) is 135 Å². The van der Waals surface area contributed by atoms with E-state index in [1.54, 1.807) is 112 Å². The van der Waals surface area contributed by atoms with E-state index in [0.717, 1.165) is 109 Å². The van der Waals surface area contributed by atoms with E-state index in [9.17, 15) is 97.7 Å². The third kappa shape index (κ3) is 44.1. The van der Waals surface area contributed by atoms with Crippen LogP contribution in [0, 0.1) is 96.9 Å². The molecule has 764 valence electrons. The summed E-state index contributed by atoms with van der Waals surface area (Å²) in [6.07, 6.45) is 3.38. The minimum Gasteiger partial charge on any atom is -0.294 e. The Morgan fingerprint density at radius 3 is 1.04 bits per heavy atom. The fraction of sp³-hybridized carbons (Fsp3) is 0.309. The van der Waals surface area contributed by atoms with Gasteiger partial charge in [-0.25, -0.2) is 16.8 Å². The number of carbonyl (C=O) groups is 1. The number of rotatable bonds is 34. The monoisotopic (exact) mass is 2180 g/mol. The van der Waals surface area contributed by atoms with E-state index in [4.69, 9.17) is 31.9 Å². The lowest BCUT2D eigenvalue weighted by molar-refractivity contribution is 0.0981. The van der Waals surface area contributed by atoms with Crippen molar-refractivity contribution in [2.45, 2.75) is 197 Å². The Hall–Kier alpha value is -8.88. The van der Waals surface area contributed by atoms with Crippen LogP contribution in [0.2, 0.25) is 0 Å². The summed E-state index contributed by atoms with van der Waals surface area (Å²) in [6, 6.07) is 61.7. The van der Waals surface area contributed by atoms with Crippen molar-refractivity contribution in [2.24, 2.45) is 0 Å². The molecule has 0 amide bonds. The molecule has 0 saturated heterocycles. The van der Waals surface area contributed by atoms with E-state index in [2.05, 4.69) is 64.1 Å². The number of hydrogen-bond donors (Lipinski definition) is 8. The Morgan fingerprint density at radius 2 is 0.621 bits per heavy atom. The van der Waals surface area contributed by atoms with Crippen LogP contribution in [0.3, 0.4) is 0 Å². The predicted molar refractivity (Wildman–Crippen MR) is 549 cm³/mol. The van der Waals surface area contributed by atoms with E-state index in [-0.39, 0.29) is 78.1 Å².